The van der Waals surface area contributed by atoms with Gasteiger partial charge in [-0.05, 0) is 102 Å². The van der Waals surface area contributed by atoms with Crippen LogP contribution in [0.2, 0.25) is 0 Å². The lowest BCUT2D eigenvalue weighted by molar-refractivity contribution is -0.147. The fourth-order valence-corrected chi connectivity index (χ4v) is 5.29. The van der Waals surface area contributed by atoms with Crippen LogP contribution in [0.4, 0.5) is 0 Å². The average molecular weight is 803 g/mol. The van der Waals surface area contributed by atoms with Gasteiger partial charge in [-0.3, -0.25) is 0 Å². The molecule has 0 heterocycles. The van der Waals surface area contributed by atoms with Crippen LogP contribution in [-0.2, 0) is 23.7 Å². The number of unbranched alkanes of at least 4 members (excludes halogenated alkanes) is 13. The molecule has 0 aromatic heterocycles. The third-order valence-electron chi connectivity index (χ3n) is 9.12. The van der Waals surface area contributed by atoms with Crippen LogP contribution in [0.25, 0.3) is 0 Å². The number of allylic oxidation sites excluding steroid dienone is 9. The Morgan fingerprint density at radius 3 is 1.63 bits per heavy atom. The highest BCUT2D eigenvalue weighted by Crippen LogP contribution is 2.17. The maximum absolute atomic E-state index is 5.67. The van der Waals surface area contributed by atoms with Gasteiger partial charge in [0.1, 0.15) is 0 Å². The Bertz CT molecular complexity index is 867. The SMILES string of the molecule is C=CC1=CCCCC1.C=CC=CC=CCCCCCCOCCCC.CCCCCCC=C(OCCCC)OCCCC.CCCCOC(CCC)OCCCC. The molecule has 1 rings (SSSR count). The minimum Gasteiger partial charge on any atom is -0.466 e. The van der Waals surface area contributed by atoms with E-state index in [1.807, 2.05) is 18.2 Å². The summed E-state index contributed by atoms with van der Waals surface area (Å²) in [5.74, 6) is 0.758. The molecule has 0 amide bonds. The van der Waals surface area contributed by atoms with Crippen LogP contribution in [0.5, 0.6) is 0 Å². The van der Waals surface area contributed by atoms with Crippen molar-refractivity contribution in [1.82, 2.24) is 0 Å². The molecular weight excluding hydrogens is 705 g/mol. The van der Waals surface area contributed by atoms with E-state index in [-0.39, 0.29) is 6.29 Å². The van der Waals surface area contributed by atoms with Crippen molar-refractivity contribution in [3.8, 4) is 0 Å². The van der Waals surface area contributed by atoms with Gasteiger partial charge in [0.15, 0.2) is 6.29 Å². The summed E-state index contributed by atoms with van der Waals surface area (Å²) in [5.41, 5.74) is 1.44. The summed E-state index contributed by atoms with van der Waals surface area (Å²) in [7, 11) is 0. The van der Waals surface area contributed by atoms with E-state index in [0.717, 1.165) is 90.5 Å². The summed E-state index contributed by atoms with van der Waals surface area (Å²) < 4.78 is 28.2. The summed E-state index contributed by atoms with van der Waals surface area (Å²) in [4.78, 5) is 0. The maximum Gasteiger partial charge on any atom is 0.274 e. The molecule has 0 aromatic rings. The minimum atomic E-state index is 0.0399. The summed E-state index contributed by atoms with van der Waals surface area (Å²) >= 11 is 0. The second-order valence-electron chi connectivity index (χ2n) is 14.9. The number of rotatable bonds is 36. The zero-order chi connectivity index (χ0) is 42.6. The summed E-state index contributed by atoms with van der Waals surface area (Å²) in [5, 5.41) is 0. The quantitative estimate of drug-likeness (QED) is 0.0273. The van der Waals surface area contributed by atoms with Gasteiger partial charge in [0.25, 0.3) is 5.95 Å². The monoisotopic (exact) mass is 803 g/mol. The van der Waals surface area contributed by atoms with Crippen molar-refractivity contribution in [2.45, 2.75) is 222 Å². The van der Waals surface area contributed by atoms with Crippen LogP contribution in [0.1, 0.15) is 215 Å². The van der Waals surface area contributed by atoms with Crippen LogP contribution in [0.3, 0.4) is 0 Å². The molecule has 0 N–H and O–H groups in total. The van der Waals surface area contributed by atoms with Gasteiger partial charge in [0.2, 0.25) is 0 Å². The first-order chi connectivity index (χ1) is 28.0. The summed E-state index contributed by atoms with van der Waals surface area (Å²) in [6, 6.07) is 0. The standard InChI is InChI=1S/C16H32O2.C16H28O.C12H26O2.C8H12/c1-4-7-10-11-12-13-16(17-14-8-5-2)18-15-9-6-3;1-3-5-7-8-9-10-11-12-13-14-16-17-15-6-4-2;1-4-7-10-13-12(9-6-3)14-11-8-5-2;1-2-8-6-4-3-5-7-8/h13H,4-12,14-15H2,1-3H3;3,5,7-9H,1,4,6,10-16H2,2H3;12H,4-11H2,1-3H3;2,6H,1,3-5,7H2. The zero-order valence-corrected chi connectivity index (χ0v) is 39.3. The van der Waals surface area contributed by atoms with E-state index in [4.69, 9.17) is 23.7 Å². The van der Waals surface area contributed by atoms with E-state index in [0.29, 0.717) is 0 Å². The molecule has 0 spiro atoms. The normalized spacial score (nSPS) is 12.2. The maximum atomic E-state index is 5.67. The molecule has 0 aliphatic heterocycles. The van der Waals surface area contributed by atoms with Crippen molar-refractivity contribution >= 4 is 0 Å². The van der Waals surface area contributed by atoms with Gasteiger partial charge in [-0.15, -0.1) is 0 Å². The van der Waals surface area contributed by atoms with Gasteiger partial charge in [-0.2, -0.15) is 0 Å². The zero-order valence-electron chi connectivity index (χ0n) is 39.3. The van der Waals surface area contributed by atoms with E-state index < -0.39 is 0 Å². The third-order valence-corrected chi connectivity index (χ3v) is 9.12. The molecular formula is C52H98O5. The summed E-state index contributed by atoms with van der Waals surface area (Å²) in [6.45, 7) is 27.8. The van der Waals surface area contributed by atoms with Crippen molar-refractivity contribution in [2.75, 3.05) is 39.6 Å². The van der Waals surface area contributed by atoms with Gasteiger partial charge in [-0.25, -0.2) is 0 Å². The van der Waals surface area contributed by atoms with E-state index >= 15 is 0 Å². The first-order valence-electron chi connectivity index (χ1n) is 24.1. The predicted molar refractivity (Wildman–Crippen MR) is 253 cm³/mol. The van der Waals surface area contributed by atoms with E-state index in [1.165, 1.54) is 128 Å². The Morgan fingerprint density at radius 2 is 1.11 bits per heavy atom. The highest BCUT2D eigenvalue weighted by molar-refractivity contribution is 5.17. The smallest absolute Gasteiger partial charge is 0.274 e. The molecule has 0 saturated carbocycles. The highest BCUT2D eigenvalue weighted by Gasteiger charge is 2.07. The molecule has 57 heavy (non-hydrogen) atoms. The molecule has 336 valence electrons. The van der Waals surface area contributed by atoms with Crippen LogP contribution in [0.15, 0.2) is 73.3 Å². The fourth-order valence-electron chi connectivity index (χ4n) is 5.29. The Balaban J connectivity index is -0.000000703. The minimum absolute atomic E-state index is 0.0399. The average Bonchev–Trinajstić information content (AvgIpc) is 3.23. The van der Waals surface area contributed by atoms with E-state index in [1.54, 1.807) is 6.08 Å². The fraction of sp³-hybridized carbons (Fsp3) is 0.769. The molecule has 1 aliphatic carbocycles. The molecule has 5 heteroatoms. The molecule has 1 aliphatic rings. The molecule has 0 radical (unpaired) electrons. The third kappa shape index (κ3) is 53.9. The number of ether oxygens (including phenoxy) is 5. The second kappa shape index (κ2) is 56.0. The van der Waals surface area contributed by atoms with Crippen LogP contribution in [-0.4, -0.2) is 45.9 Å². The van der Waals surface area contributed by atoms with Crippen LogP contribution in [0, 0.1) is 0 Å². The first-order valence-corrected chi connectivity index (χ1v) is 24.1. The number of hydrogen-bond donors (Lipinski definition) is 0. The molecule has 0 unspecified atom stereocenters. The predicted octanol–water partition coefficient (Wildman–Crippen LogP) is 16.9. The van der Waals surface area contributed by atoms with Crippen LogP contribution < -0.4 is 0 Å². The second-order valence-corrected chi connectivity index (χ2v) is 14.9. The Labute approximate surface area is 357 Å². The molecule has 0 atom stereocenters. The largest absolute Gasteiger partial charge is 0.466 e. The van der Waals surface area contributed by atoms with Crippen molar-refractivity contribution < 1.29 is 23.7 Å². The first kappa shape index (κ1) is 59.2. The molecule has 5 nitrogen and oxygen atoms in total. The Morgan fingerprint density at radius 1 is 0.561 bits per heavy atom. The van der Waals surface area contributed by atoms with E-state index in [2.05, 4.69) is 85.9 Å². The van der Waals surface area contributed by atoms with Gasteiger partial charge in [-0.1, -0.05) is 180 Å². The van der Waals surface area contributed by atoms with Crippen LogP contribution >= 0.6 is 0 Å². The molecule has 0 bridgehead atoms. The van der Waals surface area contributed by atoms with Gasteiger partial charge < -0.3 is 23.7 Å². The Hall–Kier alpha value is -2.08. The van der Waals surface area contributed by atoms with E-state index in [9.17, 15) is 0 Å². The van der Waals surface area contributed by atoms with Crippen molar-refractivity contribution in [1.29, 1.82) is 0 Å². The summed E-state index contributed by atoms with van der Waals surface area (Å²) in [6.07, 6.45) is 48.0. The van der Waals surface area contributed by atoms with Crippen molar-refractivity contribution in [2.24, 2.45) is 0 Å². The van der Waals surface area contributed by atoms with Gasteiger partial charge in [0.05, 0.1) is 13.2 Å². The topological polar surface area (TPSA) is 46.2 Å². The van der Waals surface area contributed by atoms with Gasteiger partial charge in [0, 0.05) is 26.4 Å². The molecule has 0 fully saturated rings. The lowest BCUT2D eigenvalue weighted by Gasteiger charge is -2.17. The molecule has 0 saturated heterocycles. The van der Waals surface area contributed by atoms with Crippen molar-refractivity contribution in [3.63, 3.8) is 0 Å². The Kier molecular flexibility index (Phi) is 58.2. The lowest BCUT2D eigenvalue weighted by atomic mass is 10.0. The highest BCUT2D eigenvalue weighted by atomic mass is 16.7. The number of hydrogen-bond acceptors (Lipinski definition) is 5. The molecule has 0 aromatic carbocycles. The lowest BCUT2D eigenvalue weighted by Crippen LogP contribution is -2.18. The van der Waals surface area contributed by atoms with Gasteiger partial charge >= 0.3 is 0 Å². The van der Waals surface area contributed by atoms with Crippen molar-refractivity contribution in [3.05, 3.63) is 73.3 Å².